The van der Waals surface area contributed by atoms with Gasteiger partial charge in [-0.1, -0.05) is 32.9 Å². The normalized spacial score (nSPS) is 14.6. The van der Waals surface area contributed by atoms with E-state index in [-0.39, 0.29) is 5.41 Å². The highest BCUT2D eigenvalue weighted by molar-refractivity contribution is 5.78. The third-order valence-corrected chi connectivity index (χ3v) is 3.92. The van der Waals surface area contributed by atoms with Gasteiger partial charge in [-0.05, 0) is 43.5 Å². The van der Waals surface area contributed by atoms with E-state index in [1.807, 2.05) is 13.0 Å². The Balaban J connectivity index is 2.71. The van der Waals surface area contributed by atoms with Gasteiger partial charge in [-0.3, -0.25) is 4.79 Å². The van der Waals surface area contributed by atoms with Gasteiger partial charge in [0, 0.05) is 6.42 Å². The lowest BCUT2D eigenvalue weighted by Gasteiger charge is -2.24. The minimum absolute atomic E-state index is 0.108. The first-order valence-electron chi connectivity index (χ1n) is 7.26. The number of carboxylic acids is 1. The summed E-state index contributed by atoms with van der Waals surface area (Å²) in [4.78, 5) is 11.2. The van der Waals surface area contributed by atoms with Crippen LogP contribution in [0.2, 0.25) is 0 Å². The van der Waals surface area contributed by atoms with Gasteiger partial charge in [0.2, 0.25) is 0 Å². The second-order valence-electron chi connectivity index (χ2n) is 6.72. The van der Waals surface area contributed by atoms with Crippen LogP contribution >= 0.6 is 0 Å². The van der Waals surface area contributed by atoms with Crippen molar-refractivity contribution in [1.82, 2.24) is 5.32 Å². The smallest absolute Gasteiger partial charge is 0.323 e. The Morgan fingerprint density at radius 2 is 1.90 bits per heavy atom. The molecule has 0 spiro atoms. The number of likely N-dealkylation sites (N-methyl/N-ethyl adjacent to an activating group) is 1. The van der Waals surface area contributed by atoms with Crippen molar-refractivity contribution < 1.29 is 14.6 Å². The van der Waals surface area contributed by atoms with E-state index in [9.17, 15) is 9.90 Å². The molecule has 0 amide bonds. The molecule has 4 nitrogen and oxygen atoms in total. The summed E-state index contributed by atoms with van der Waals surface area (Å²) in [5.41, 5.74) is 1.48. The van der Waals surface area contributed by atoms with E-state index in [0.29, 0.717) is 13.0 Å². The van der Waals surface area contributed by atoms with Gasteiger partial charge in [0.25, 0.3) is 0 Å². The highest BCUT2D eigenvalue weighted by Crippen LogP contribution is 2.27. The highest BCUT2D eigenvalue weighted by atomic mass is 16.5. The van der Waals surface area contributed by atoms with Gasteiger partial charge in [-0.15, -0.1) is 0 Å². The Morgan fingerprint density at radius 1 is 1.29 bits per heavy atom. The van der Waals surface area contributed by atoms with Crippen LogP contribution in [-0.2, 0) is 10.2 Å². The molecule has 0 radical (unpaired) electrons. The molecule has 0 fully saturated rings. The summed E-state index contributed by atoms with van der Waals surface area (Å²) in [5, 5.41) is 12.0. The molecule has 0 bridgehead atoms. The fourth-order valence-electron chi connectivity index (χ4n) is 1.98. The first-order chi connectivity index (χ1) is 9.60. The van der Waals surface area contributed by atoms with Crippen molar-refractivity contribution in [3.05, 3.63) is 29.3 Å². The molecule has 0 saturated heterocycles. The number of aliphatic carboxylic acids is 1. The summed E-state index contributed by atoms with van der Waals surface area (Å²) in [7, 11) is 1.65. The molecule has 21 heavy (non-hydrogen) atoms. The van der Waals surface area contributed by atoms with Gasteiger partial charge in [-0.2, -0.15) is 0 Å². The molecular formula is C17H27NO3. The lowest BCUT2D eigenvalue weighted by Crippen LogP contribution is -2.48. The number of rotatable bonds is 6. The van der Waals surface area contributed by atoms with Crippen LogP contribution in [0.4, 0.5) is 0 Å². The lowest BCUT2D eigenvalue weighted by atomic mass is 9.86. The molecular weight excluding hydrogens is 266 g/mol. The number of carbonyl (C=O) groups is 1. The van der Waals surface area contributed by atoms with Crippen LogP contribution in [0.15, 0.2) is 18.2 Å². The number of ether oxygens (including phenoxy) is 1. The van der Waals surface area contributed by atoms with Gasteiger partial charge in [0.1, 0.15) is 11.3 Å². The van der Waals surface area contributed by atoms with Gasteiger partial charge in [0.15, 0.2) is 0 Å². The second-order valence-corrected chi connectivity index (χ2v) is 6.72. The maximum absolute atomic E-state index is 11.2. The molecule has 4 heteroatoms. The summed E-state index contributed by atoms with van der Waals surface area (Å²) < 4.78 is 5.75. The summed E-state index contributed by atoms with van der Waals surface area (Å²) >= 11 is 0. The number of nitrogens with one attached hydrogen (secondary N) is 1. The molecule has 0 saturated carbocycles. The minimum Gasteiger partial charge on any atom is -0.493 e. The van der Waals surface area contributed by atoms with Crippen LogP contribution in [0.5, 0.6) is 5.75 Å². The maximum Gasteiger partial charge on any atom is 0.323 e. The van der Waals surface area contributed by atoms with Crippen molar-refractivity contribution >= 4 is 5.97 Å². The second kappa shape index (κ2) is 6.48. The van der Waals surface area contributed by atoms with Gasteiger partial charge in [0.05, 0.1) is 6.61 Å². The number of hydrogen-bond acceptors (Lipinski definition) is 3. The molecule has 1 aromatic carbocycles. The maximum atomic E-state index is 11.2. The van der Waals surface area contributed by atoms with E-state index >= 15 is 0 Å². The Labute approximate surface area is 127 Å². The molecule has 1 rings (SSSR count). The van der Waals surface area contributed by atoms with E-state index in [0.717, 1.165) is 11.3 Å². The van der Waals surface area contributed by atoms with Crippen LogP contribution < -0.4 is 10.1 Å². The number of carboxylic acid groups (broad SMARTS) is 1. The van der Waals surface area contributed by atoms with E-state index in [2.05, 4.69) is 38.2 Å². The molecule has 0 aliphatic rings. The quantitative estimate of drug-likeness (QED) is 0.846. The predicted molar refractivity (Wildman–Crippen MR) is 85.1 cm³/mol. The van der Waals surface area contributed by atoms with Crippen LogP contribution in [0.1, 0.15) is 45.2 Å². The third kappa shape index (κ3) is 4.46. The highest BCUT2D eigenvalue weighted by Gasteiger charge is 2.30. The van der Waals surface area contributed by atoms with Crippen LogP contribution in [-0.4, -0.2) is 30.3 Å². The Kier molecular flexibility index (Phi) is 5.40. The fourth-order valence-corrected chi connectivity index (χ4v) is 1.98. The largest absolute Gasteiger partial charge is 0.493 e. The van der Waals surface area contributed by atoms with Crippen molar-refractivity contribution in [1.29, 1.82) is 0 Å². The number of hydrogen-bond donors (Lipinski definition) is 2. The van der Waals surface area contributed by atoms with Crippen molar-refractivity contribution in [3.8, 4) is 5.75 Å². The zero-order valence-electron chi connectivity index (χ0n) is 13.9. The minimum atomic E-state index is -0.959. The Morgan fingerprint density at radius 3 is 2.33 bits per heavy atom. The van der Waals surface area contributed by atoms with Gasteiger partial charge < -0.3 is 15.2 Å². The molecule has 0 aliphatic heterocycles. The van der Waals surface area contributed by atoms with Crippen LogP contribution in [0, 0.1) is 6.92 Å². The molecule has 0 aliphatic carbocycles. The molecule has 1 unspecified atom stereocenters. The molecule has 1 atom stereocenters. The van der Waals surface area contributed by atoms with Crippen molar-refractivity contribution in [2.45, 2.75) is 52.0 Å². The van der Waals surface area contributed by atoms with Crippen molar-refractivity contribution in [2.24, 2.45) is 0 Å². The van der Waals surface area contributed by atoms with Gasteiger partial charge >= 0.3 is 5.97 Å². The van der Waals surface area contributed by atoms with Crippen molar-refractivity contribution in [3.63, 3.8) is 0 Å². The summed E-state index contributed by atoms with van der Waals surface area (Å²) in [6, 6.07) is 6.16. The molecule has 1 aromatic rings. The zero-order chi connectivity index (χ0) is 16.3. The van der Waals surface area contributed by atoms with E-state index in [1.165, 1.54) is 5.56 Å². The molecule has 0 aromatic heterocycles. The van der Waals surface area contributed by atoms with E-state index in [1.54, 1.807) is 14.0 Å². The molecule has 2 N–H and O–H groups in total. The van der Waals surface area contributed by atoms with Crippen LogP contribution in [0.25, 0.3) is 0 Å². The Hall–Kier alpha value is -1.55. The van der Waals surface area contributed by atoms with Crippen LogP contribution in [0.3, 0.4) is 0 Å². The first kappa shape index (κ1) is 17.5. The van der Waals surface area contributed by atoms with E-state index < -0.39 is 11.5 Å². The fraction of sp³-hybridized carbons (Fsp3) is 0.588. The summed E-state index contributed by atoms with van der Waals surface area (Å²) in [5.74, 6) is -0.0553. The van der Waals surface area contributed by atoms with E-state index in [4.69, 9.17) is 4.74 Å². The number of benzene rings is 1. The lowest BCUT2D eigenvalue weighted by molar-refractivity contribution is -0.144. The summed E-state index contributed by atoms with van der Waals surface area (Å²) in [6.07, 6.45) is 0.402. The average molecular weight is 293 g/mol. The predicted octanol–water partition coefficient (Wildman–Crippen LogP) is 3.12. The Bertz CT molecular complexity index is 505. The van der Waals surface area contributed by atoms with Crippen molar-refractivity contribution in [2.75, 3.05) is 13.7 Å². The monoisotopic (exact) mass is 293 g/mol. The molecule has 0 heterocycles. The van der Waals surface area contributed by atoms with Gasteiger partial charge in [-0.25, -0.2) is 0 Å². The average Bonchev–Trinajstić information content (AvgIpc) is 2.38. The summed E-state index contributed by atoms with van der Waals surface area (Å²) in [6.45, 7) is 10.6. The topological polar surface area (TPSA) is 58.6 Å². The third-order valence-electron chi connectivity index (χ3n) is 3.92. The number of aryl methyl sites for hydroxylation is 1. The zero-order valence-corrected chi connectivity index (χ0v) is 13.9. The standard InChI is InChI=1S/C17H27NO3/c1-12-11-13(16(2,3)4)7-8-14(12)21-10-9-17(5,18-6)15(19)20/h7-8,11,18H,9-10H2,1-6H3,(H,19,20). The molecule has 118 valence electrons. The SMILES string of the molecule is CNC(C)(CCOc1ccc(C(C)(C)C)cc1C)C(=O)O. The first-order valence-corrected chi connectivity index (χ1v) is 7.26.